The Bertz CT molecular complexity index is 679. The Labute approximate surface area is 127 Å². The third-order valence-electron chi connectivity index (χ3n) is 3.84. The van der Waals surface area contributed by atoms with E-state index in [0.717, 1.165) is 11.3 Å². The molecule has 1 aromatic carbocycles. The standard InChI is InChI=1S/C15H19FN4O2/c1-20-12-4-2-3-10(16)14(12)19-13(20)5-6-18-15(21)11-9-22-8-7-17-11/h2-4,11,17H,5-9H2,1H3,(H,18,21)/t11-/m0/s1. The van der Waals surface area contributed by atoms with E-state index in [1.165, 1.54) is 6.07 Å². The number of rotatable bonds is 4. The monoisotopic (exact) mass is 306 g/mol. The van der Waals surface area contributed by atoms with Crippen LogP contribution in [0.25, 0.3) is 11.0 Å². The number of nitrogens with one attached hydrogen (secondary N) is 2. The van der Waals surface area contributed by atoms with Gasteiger partial charge in [0.25, 0.3) is 0 Å². The molecule has 0 saturated carbocycles. The van der Waals surface area contributed by atoms with E-state index in [9.17, 15) is 9.18 Å². The Balaban J connectivity index is 1.61. The van der Waals surface area contributed by atoms with E-state index in [1.54, 1.807) is 6.07 Å². The number of carbonyl (C=O) groups excluding carboxylic acids is 1. The lowest BCUT2D eigenvalue weighted by Gasteiger charge is -2.22. The number of morpholine rings is 1. The molecule has 0 spiro atoms. The van der Waals surface area contributed by atoms with Gasteiger partial charge in [-0.2, -0.15) is 0 Å². The van der Waals surface area contributed by atoms with Crippen molar-refractivity contribution < 1.29 is 13.9 Å². The first kappa shape index (κ1) is 14.9. The van der Waals surface area contributed by atoms with Crippen LogP contribution >= 0.6 is 0 Å². The molecule has 0 aliphatic carbocycles. The Morgan fingerprint density at radius 2 is 2.45 bits per heavy atom. The van der Waals surface area contributed by atoms with Crippen LogP contribution in [0.2, 0.25) is 0 Å². The minimum absolute atomic E-state index is 0.0790. The van der Waals surface area contributed by atoms with Gasteiger partial charge in [0.1, 0.15) is 17.4 Å². The molecule has 1 aromatic heterocycles. The zero-order chi connectivity index (χ0) is 15.5. The van der Waals surface area contributed by atoms with E-state index in [1.807, 2.05) is 17.7 Å². The highest BCUT2D eigenvalue weighted by Gasteiger charge is 2.20. The third kappa shape index (κ3) is 2.95. The van der Waals surface area contributed by atoms with Crippen molar-refractivity contribution in [2.45, 2.75) is 12.5 Å². The summed E-state index contributed by atoms with van der Waals surface area (Å²) >= 11 is 0. The maximum atomic E-state index is 13.7. The molecule has 1 fully saturated rings. The van der Waals surface area contributed by atoms with Crippen molar-refractivity contribution in [3.05, 3.63) is 29.8 Å². The number of halogens is 1. The van der Waals surface area contributed by atoms with Crippen LogP contribution in [0.15, 0.2) is 18.2 Å². The highest BCUT2D eigenvalue weighted by atomic mass is 19.1. The minimum Gasteiger partial charge on any atom is -0.378 e. The second-order valence-corrected chi connectivity index (χ2v) is 5.32. The van der Waals surface area contributed by atoms with Gasteiger partial charge in [-0.1, -0.05) is 6.07 Å². The van der Waals surface area contributed by atoms with Gasteiger partial charge in [0.2, 0.25) is 5.91 Å². The SMILES string of the molecule is Cn1c(CCNC(=O)[C@@H]2COCCN2)nc2c(F)cccc21. The molecule has 0 unspecified atom stereocenters. The number of fused-ring (bicyclic) bond motifs is 1. The normalized spacial score (nSPS) is 18.5. The predicted molar refractivity (Wildman–Crippen MR) is 80.0 cm³/mol. The fourth-order valence-corrected chi connectivity index (χ4v) is 2.61. The fourth-order valence-electron chi connectivity index (χ4n) is 2.61. The van der Waals surface area contributed by atoms with Crippen molar-refractivity contribution in [1.82, 2.24) is 20.2 Å². The second kappa shape index (κ2) is 6.41. The zero-order valence-corrected chi connectivity index (χ0v) is 12.4. The molecular weight excluding hydrogens is 287 g/mol. The predicted octanol–water partition coefficient (Wildman–Crippen LogP) is 0.359. The fraction of sp³-hybridized carbons (Fsp3) is 0.467. The molecule has 1 saturated heterocycles. The maximum Gasteiger partial charge on any atom is 0.239 e. The Morgan fingerprint density at radius 3 is 3.18 bits per heavy atom. The summed E-state index contributed by atoms with van der Waals surface area (Å²) in [5.41, 5.74) is 1.12. The number of amides is 1. The van der Waals surface area contributed by atoms with Crippen molar-refractivity contribution in [1.29, 1.82) is 0 Å². The first-order valence-corrected chi connectivity index (χ1v) is 7.35. The Kier molecular flexibility index (Phi) is 4.35. The molecule has 22 heavy (non-hydrogen) atoms. The summed E-state index contributed by atoms with van der Waals surface area (Å²) in [5, 5.41) is 5.96. The van der Waals surface area contributed by atoms with Gasteiger partial charge in [-0.3, -0.25) is 4.79 Å². The van der Waals surface area contributed by atoms with Gasteiger partial charge in [0.15, 0.2) is 5.82 Å². The van der Waals surface area contributed by atoms with Crippen molar-refractivity contribution in [3.63, 3.8) is 0 Å². The van der Waals surface area contributed by atoms with Crippen LogP contribution in [0.5, 0.6) is 0 Å². The number of para-hydroxylation sites is 1. The molecule has 2 N–H and O–H groups in total. The number of benzene rings is 1. The lowest BCUT2D eigenvalue weighted by molar-refractivity contribution is -0.125. The van der Waals surface area contributed by atoms with Gasteiger partial charge in [-0.05, 0) is 12.1 Å². The molecule has 6 nitrogen and oxygen atoms in total. The van der Waals surface area contributed by atoms with E-state index < -0.39 is 0 Å². The molecule has 118 valence electrons. The first-order valence-electron chi connectivity index (χ1n) is 7.35. The average Bonchev–Trinajstić information content (AvgIpc) is 2.86. The summed E-state index contributed by atoms with van der Waals surface area (Å²) in [7, 11) is 1.85. The molecular formula is C15H19FN4O2. The highest BCUT2D eigenvalue weighted by Crippen LogP contribution is 2.17. The van der Waals surface area contributed by atoms with E-state index in [0.29, 0.717) is 38.2 Å². The molecule has 7 heteroatoms. The zero-order valence-electron chi connectivity index (χ0n) is 12.4. The van der Waals surface area contributed by atoms with Gasteiger partial charge < -0.3 is 19.9 Å². The summed E-state index contributed by atoms with van der Waals surface area (Å²) in [6.07, 6.45) is 0.546. The van der Waals surface area contributed by atoms with Gasteiger partial charge in [-0.25, -0.2) is 9.37 Å². The van der Waals surface area contributed by atoms with Crippen molar-refractivity contribution in [3.8, 4) is 0 Å². The van der Waals surface area contributed by atoms with E-state index in [-0.39, 0.29) is 17.8 Å². The smallest absolute Gasteiger partial charge is 0.239 e. The second-order valence-electron chi connectivity index (χ2n) is 5.32. The van der Waals surface area contributed by atoms with Crippen LogP contribution in [0, 0.1) is 5.82 Å². The summed E-state index contributed by atoms with van der Waals surface area (Å²) in [4.78, 5) is 16.3. The van der Waals surface area contributed by atoms with E-state index in [4.69, 9.17) is 4.74 Å². The van der Waals surface area contributed by atoms with Gasteiger partial charge >= 0.3 is 0 Å². The molecule has 1 aliphatic rings. The molecule has 0 radical (unpaired) electrons. The minimum atomic E-state index is -0.327. The lowest BCUT2D eigenvalue weighted by Crippen LogP contribution is -2.51. The van der Waals surface area contributed by atoms with Gasteiger partial charge in [0.05, 0.1) is 18.7 Å². The van der Waals surface area contributed by atoms with Crippen LogP contribution in [-0.4, -0.2) is 47.8 Å². The largest absolute Gasteiger partial charge is 0.378 e. The van der Waals surface area contributed by atoms with Crippen molar-refractivity contribution >= 4 is 16.9 Å². The Hall–Kier alpha value is -1.99. The Morgan fingerprint density at radius 1 is 1.59 bits per heavy atom. The summed E-state index contributed by atoms with van der Waals surface area (Å²) < 4.78 is 20.8. The maximum absolute atomic E-state index is 13.7. The number of aromatic nitrogens is 2. The van der Waals surface area contributed by atoms with Gasteiger partial charge in [-0.15, -0.1) is 0 Å². The number of hydrogen-bond donors (Lipinski definition) is 2. The van der Waals surface area contributed by atoms with Crippen LogP contribution in [0.3, 0.4) is 0 Å². The van der Waals surface area contributed by atoms with E-state index >= 15 is 0 Å². The summed E-state index contributed by atoms with van der Waals surface area (Å²) in [6, 6.07) is 4.60. The number of ether oxygens (including phenoxy) is 1. The first-order chi connectivity index (χ1) is 10.7. The van der Waals surface area contributed by atoms with Crippen molar-refractivity contribution in [2.75, 3.05) is 26.3 Å². The topological polar surface area (TPSA) is 68.2 Å². The van der Waals surface area contributed by atoms with Crippen LogP contribution in [-0.2, 0) is 23.0 Å². The summed E-state index contributed by atoms with van der Waals surface area (Å²) in [5.74, 6) is 0.338. The molecule has 1 amide bonds. The van der Waals surface area contributed by atoms with E-state index in [2.05, 4.69) is 15.6 Å². The molecule has 1 aliphatic heterocycles. The number of imidazole rings is 1. The number of hydrogen-bond acceptors (Lipinski definition) is 4. The lowest BCUT2D eigenvalue weighted by atomic mass is 10.2. The average molecular weight is 306 g/mol. The number of aryl methyl sites for hydroxylation is 1. The quantitative estimate of drug-likeness (QED) is 0.856. The van der Waals surface area contributed by atoms with Crippen molar-refractivity contribution in [2.24, 2.45) is 7.05 Å². The highest BCUT2D eigenvalue weighted by molar-refractivity contribution is 5.82. The molecule has 0 bridgehead atoms. The number of nitrogens with zero attached hydrogens (tertiary/aromatic N) is 2. The van der Waals surface area contributed by atoms with Crippen LogP contribution < -0.4 is 10.6 Å². The molecule has 3 rings (SSSR count). The van der Waals surface area contributed by atoms with Crippen LogP contribution in [0.4, 0.5) is 4.39 Å². The van der Waals surface area contributed by atoms with Gasteiger partial charge in [0, 0.05) is 26.6 Å². The molecule has 2 heterocycles. The molecule has 1 atom stereocenters. The number of carbonyl (C=O) groups is 1. The summed E-state index contributed by atoms with van der Waals surface area (Å²) in [6.45, 7) is 2.16. The third-order valence-corrected chi connectivity index (χ3v) is 3.84. The molecule has 2 aromatic rings. The van der Waals surface area contributed by atoms with Crippen LogP contribution in [0.1, 0.15) is 5.82 Å².